The average molecular weight is 482 g/mol. The molecule has 4 heterocycles. The molecule has 3 aromatic rings. The summed E-state index contributed by atoms with van der Waals surface area (Å²) < 4.78 is 2.18. The molecule has 1 aromatic carbocycles. The lowest BCUT2D eigenvalue weighted by Gasteiger charge is -2.27. The number of nitrogen functional groups attached to an aromatic ring is 1. The van der Waals surface area contributed by atoms with Crippen LogP contribution in [0.3, 0.4) is 0 Å². The van der Waals surface area contributed by atoms with E-state index in [9.17, 15) is 9.59 Å². The molecule has 2 aliphatic heterocycles. The van der Waals surface area contributed by atoms with Crippen LogP contribution in [0.1, 0.15) is 38.5 Å². The predicted molar refractivity (Wildman–Crippen MR) is 135 cm³/mol. The highest BCUT2D eigenvalue weighted by Crippen LogP contribution is 2.39. The Kier molecular flexibility index (Phi) is 6.49. The zero-order valence-electron chi connectivity index (χ0n) is 19.1. The standard InChI is InChI=1S/C24H31N7O2S/c25-18(32)10-5-7-14(22-19-17(12-34-22)29-24(33)30-19)6-3-4-11-31-13-27-20-21(31)15-8-1-2-9-16(15)28-23(20)26/h1-2,8-9,13-14,17,19,22H,3-7,10-12H2,(H2,25,32)(H2,26,28)(H2,29,30,33). The highest BCUT2D eigenvalue weighted by molar-refractivity contribution is 8.00. The molecule has 10 heteroatoms. The highest BCUT2D eigenvalue weighted by Gasteiger charge is 2.45. The molecule has 0 aliphatic carbocycles. The second-order valence-corrected chi connectivity index (χ2v) is 10.5. The summed E-state index contributed by atoms with van der Waals surface area (Å²) in [6, 6.07) is 8.31. The largest absolute Gasteiger partial charge is 0.382 e. The molecule has 3 amide bonds. The number of hydrogen-bond donors (Lipinski definition) is 4. The number of aromatic nitrogens is 3. The van der Waals surface area contributed by atoms with Gasteiger partial charge in [-0.15, -0.1) is 0 Å². The molecular formula is C24H31N7O2S. The fourth-order valence-electron chi connectivity index (χ4n) is 5.43. The summed E-state index contributed by atoms with van der Waals surface area (Å²) in [6.07, 6.45) is 7.11. The summed E-state index contributed by atoms with van der Waals surface area (Å²) in [5.74, 6) is 1.57. The summed E-state index contributed by atoms with van der Waals surface area (Å²) >= 11 is 1.93. The number of thioether (sulfide) groups is 1. The van der Waals surface area contributed by atoms with Crippen LogP contribution in [-0.4, -0.2) is 49.6 Å². The van der Waals surface area contributed by atoms with Crippen molar-refractivity contribution in [3.63, 3.8) is 0 Å². The Morgan fingerprint density at radius 1 is 1.21 bits per heavy atom. The van der Waals surface area contributed by atoms with Crippen LogP contribution < -0.4 is 22.1 Å². The van der Waals surface area contributed by atoms with Crippen LogP contribution in [0.25, 0.3) is 21.9 Å². The molecule has 6 N–H and O–H groups in total. The quantitative estimate of drug-likeness (QED) is 0.259. The molecule has 4 unspecified atom stereocenters. The SMILES string of the molecule is NC(=O)CCCC(CCCCn1cnc2c(N)nc3ccccc3c21)C1SCC2NC(=O)NC21. The molecule has 9 nitrogen and oxygen atoms in total. The van der Waals surface area contributed by atoms with Gasteiger partial charge in [0.25, 0.3) is 0 Å². The maximum atomic E-state index is 11.8. The minimum atomic E-state index is -0.250. The smallest absolute Gasteiger partial charge is 0.315 e. The van der Waals surface area contributed by atoms with Gasteiger partial charge in [0.1, 0.15) is 5.52 Å². The number of nitrogens with two attached hydrogens (primary N) is 2. The molecular weight excluding hydrogens is 450 g/mol. The third-order valence-electron chi connectivity index (χ3n) is 7.04. The number of benzene rings is 1. The number of para-hydroxylation sites is 1. The Morgan fingerprint density at radius 2 is 2.03 bits per heavy atom. The number of amides is 3. The predicted octanol–water partition coefficient (Wildman–Crippen LogP) is 2.77. The molecule has 2 saturated heterocycles. The normalized spacial score (nSPS) is 22.6. The number of nitrogens with zero attached hydrogens (tertiary/aromatic N) is 3. The van der Waals surface area contributed by atoms with E-state index in [2.05, 4.69) is 31.2 Å². The lowest BCUT2D eigenvalue weighted by molar-refractivity contribution is -0.118. The van der Waals surface area contributed by atoms with Crippen LogP contribution in [0.5, 0.6) is 0 Å². The van der Waals surface area contributed by atoms with Gasteiger partial charge in [0, 0.05) is 29.4 Å². The van der Waals surface area contributed by atoms with Gasteiger partial charge >= 0.3 is 6.03 Å². The van der Waals surface area contributed by atoms with Gasteiger partial charge < -0.3 is 26.7 Å². The lowest BCUT2D eigenvalue weighted by Crippen LogP contribution is -2.40. The minimum absolute atomic E-state index is 0.0656. The number of hydrogen-bond acceptors (Lipinski definition) is 6. The number of unbranched alkanes of at least 4 members (excludes halogenated alkanes) is 1. The van der Waals surface area contributed by atoms with E-state index in [1.807, 2.05) is 36.3 Å². The minimum Gasteiger partial charge on any atom is -0.382 e. The first kappa shape index (κ1) is 22.8. The van der Waals surface area contributed by atoms with Crippen LogP contribution in [0.15, 0.2) is 30.6 Å². The first-order valence-electron chi connectivity index (χ1n) is 12.0. The van der Waals surface area contributed by atoms with Crippen molar-refractivity contribution in [2.75, 3.05) is 11.5 Å². The Balaban J connectivity index is 1.25. The highest BCUT2D eigenvalue weighted by atomic mass is 32.2. The number of primary amides is 1. The van der Waals surface area contributed by atoms with Crippen LogP contribution in [-0.2, 0) is 11.3 Å². The summed E-state index contributed by atoms with van der Waals surface area (Å²) in [6.45, 7) is 0.847. The molecule has 4 atom stereocenters. The van der Waals surface area contributed by atoms with Gasteiger partial charge in [-0.3, -0.25) is 4.79 Å². The van der Waals surface area contributed by atoms with Crippen molar-refractivity contribution in [1.29, 1.82) is 0 Å². The van der Waals surface area contributed by atoms with Gasteiger partial charge in [-0.25, -0.2) is 14.8 Å². The summed E-state index contributed by atoms with van der Waals surface area (Å²) in [4.78, 5) is 32.1. The molecule has 5 rings (SSSR count). The van der Waals surface area contributed by atoms with Crippen LogP contribution in [0, 0.1) is 5.92 Å². The first-order valence-corrected chi connectivity index (χ1v) is 13.0. The van der Waals surface area contributed by atoms with E-state index in [0.29, 0.717) is 23.4 Å². The molecule has 34 heavy (non-hydrogen) atoms. The van der Waals surface area contributed by atoms with Gasteiger partial charge in [0.2, 0.25) is 5.91 Å². The second kappa shape index (κ2) is 9.69. The topological polar surface area (TPSA) is 141 Å². The fourth-order valence-corrected chi connectivity index (χ4v) is 7.16. The first-order chi connectivity index (χ1) is 16.5. The van der Waals surface area contributed by atoms with Crippen molar-refractivity contribution in [1.82, 2.24) is 25.2 Å². The van der Waals surface area contributed by atoms with E-state index < -0.39 is 0 Å². The molecule has 0 radical (unpaired) electrons. The number of carbonyl (C=O) groups is 2. The van der Waals surface area contributed by atoms with Gasteiger partial charge in [-0.1, -0.05) is 24.6 Å². The number of aryl methyl sites for hydroxylation is 1. The maximum absolute atomic E-state index is 11.8. The average Bonchev–Trinajstić information content (AvgIpc) is 3.50. The number of urea groups is 1. The number of anilines is 1. The lowest BCUT2D eigenvalue weighted by atomic mass is 9.87. The molecule has 0 bridgehead atoms. The Morgan fingerprint density at radius 3 is 2.88 bits per heavy atom. The molecule has 180 valence electrons. The summed E-state index contributed by atoms with van der Waals surface area (Å²) in [7, 11) is 0. The molecule has 2 aromatic heterocycles. The number of fused-ring (bicyclic) bond motifs is 4. The van der Waals surface area contributed by atoms with Gasteiger partial charge in [-0.05, 0) is 37.7 Å². The summed E-state index contributed by atoms with van der Waals surface area (Å²) in [5, 5.41) is 7.56. The monoisotopic (exact) mass is 481 g/mol. The van der Waals surface area contributed by atoms with E-state index in [1.165, 1.54) is 0 Å². The summed E-state index contributed by atoms with van der Waals surface area (Å²) in [5.41, 5.74) is 14.2. The number of imidazole rings is 1. The molecule has 0 spiro atoms. The van der Waals surface area contributed by atoms with Crippen LogP contribution >= 0.6 is 11.8 Å². The fraction of sp³-hybridized carbons (Fsp3) is 0.500. The zero-order valence-corrected chi connectivity index (χ0v) is 19.9. The molecule has 0 saturated carbocycles. The van der Waals surface area contributed by atoms with E-state index in [4.69, 9.17) is 11.5 Å². The molecule has 2 fully saturated rings. The second-order valence-electron chi connectivity index (χ2n) is 9.31. The Bertz CT molecular complexity index is 1210. The maximum Gasteiger partial charge on any atom is 0.315 e. The van der Waals surface area contributed by atoms with Crippen molar-refractivity contribution in [3.8, 4) is 0 Å². The zero-order chi connectivity index (χ0) is 23.7. The third kappa shape index (κ3) is 4.51. The van der Waals surface area contributed by atoms with Gasteiger partial charge in [-0.2, -0.15) is 11.8 Å². The van der Waals surface area contributed by atoms with Crippen LogP contribution in [0.2, 0.25) is 0 Å². The Hall–Kier alpha value is -3.01. The molecule has 2 aliphatic rings. The van der Waals surface area contributed by atoms with Gasteiger partial charge in [0.15, 0.2) is 5.82 Å². The van der Waals surface area contributed by atoms with E-state index in [-0.39, 0.29) is 24.0 Å². The third-order valence-corrected chi connectivity index (χ3v) is 8.65. The number of rotatable bonds is 10. The number of nitrogens with one attached hydrogen (secondary N) is 2. The van der Waals surface area contributed by atoms with E-state index >= 15 is 0 Å². The van der Waals surface area contributed by atoms with Crippen molar-refractivity contribution in [2.24, 2.45) is 11.7 Å². The van der Waals surface area contributed by atoms with E-state index in [0.717, 1.165) is 66.3 Å². The number of pyridine rings is 1. The van der Waals surface area contributed by atoms with Crippen molar-refractivity contribution in [3.05, 3.63) is 30.6 Å². The number of carbonyl (C=O) groups excluding carboxylic acids is 2. The van der Waals surface area contributed by atoms with Crippen molar-refractivity contribution < 1.29 is 9.59 Å². The van der Waals surface area contributed by atoms with Crippen molar-refractivity contribution >= 4 is 51.5 Å². The van der Waals surface area contributed by atoms with Crippen LogP contribution in [0.4, 0.5) is 10.6 Å². The van der Waals surface area contributed by atoms with Gasteiger partial charge in [0.05, 0.1) is 29.4 Å². The van der Waals surface area contributed by atoms with E-state index in [1.54, 1.807) is 0 Å². The Labute approximate surface area is 202 Å². The van der Waals surface area contributed by atoms with Crippen molar-refractivity contribution in [2.45, 2.75) is 62.4 Å².